The topological polar surface area (TPSA) is 73.4 Å². The number of hydrogen-bond donors (Lipinski definition) is 0. The highest BCUT2D eigenvalue weighted by Gasteiger charge is 2.20. The highest BCUT2D eigenvalue weighted by Crippen LogP contribution is 2.34. The molecule has 0 bridgehead atoms. The molecular formula is C26H29N3O5S. The molecule has 0 N–H and O–H groups in total. The second kappa shape index (κ2) is 11.1. The van der Waals surface area contributed by atoms with Crippen molar-refractivity contribution in [2.75, 3.05) is 57.7 Å². The first-order valence-electron chi connectivity index (χ1n) is 11.9. The predicted molar refractivity (Wildman–Crippen MR) is 137 cm³/mol. The lowest BCUT2D eigenvalue weighted by Crippen LogP contribution is -2.39. The van der Waals surface area contributed by atoms with Crippen LogP contribution in [-0.2, 0) is 9.53 Å². The number of ether oxygens (including phenoxy) is 4. The number of carbonyl (C=O) groups is 1. The second-order valence-electron chi connectivity index (χ2n) is 8.30. The lowest BCUT2D eigenvalue weighted by Gasteiger charge is -2.27. The van der Waals surface area contributed by atoms with Crippen LogP contribution in [0.2, 0.25) is 0 Å². The molecule has 5 rings (SSSR count). The van der Waals surface area contributed by atoms with Crippen molar-refractivity contribution in [3.05, 3.63) is 48.0 Å². The fraction of sp³-hybridized carbons (Fsp3) is 0.385. The summed E-state index contributed by atoms with van der Waals surface area (Å²) >= 11 is 1.51. The van der Waals surface area contributed by atoms with E-state index in [1.54, 1.807) is 17.1 Å². The predicted octanol–water partition coefficient (Wildman–Crippen LogP) is 4.19. The molecule has 1 amide bonds. The van der Waals surface area contributed by atoms with Crippen LogP contribution in [0.15, 0.2) is 42.5 Å². The van der Waals surface area contributed by atoms with Crippen LogP contribution in [0.4, 0.5) is 5.13 Å². The minimum atomic E-state index is -0.103. The van der Waals surface area contributed by atoms with E-state index in [-0.39, 0.29) is 12.7 Å². The van der Waals surface area contributed by atoms with Crippen molar-refractivity contribution >= 4 is 38.7 Å². The molecule has 3 aromatic rings. The Morgan fingerprint density at radius 3 is 2.89 bits per heavy atom. The van der Waals surface area contributed by atoms with Crippen molar-refractivity contribution < 1.29 is 23.7 Å². The molecule has 0 radical (unpaired) electrons. The highest BCUT2D eigenvalue weighted by atomic mass is 32.1. The molecule has 2 aliphatic heterocycles. The van der Waals surface area contributed by atoms with E-state index in [1.165, 1.54) is 11.3 Å². The molecule has 0 saturated carbocycles. The standard InChI is InChI=1S/C26H29N3O5S/c1-2-32-20-6-7-21-24(17-20)35-26(27-21)29(11-3-10-28-12-14-31-15-13-28)25(30)9-5-19-4-8-22-23(16-19)34-18-33-22/h4-9,16-17H,2-3,10-15,18H2,1H3/b9-5+. The van der Waals surface area contributed by atoms with Crippen LogP contribution in [0.5, 0.6) is 17.2 Å². The lowest BCUT2D eigenvalue weighted by molar-refractivity contribution is -0.114. The van der Waals surface area contributed by atoms with Gasteiger partial charge in [-0.2, -0.15) is 0 Å². The van der Waals surface area contributed by atoms with Crippen molar-refractivity contribution in [2.24, 2.45) is 0 Å². The van der Waals surface area contributed by atoms with Crippen molar-refractivity contribution in [3.8, 4) is 17.2 Å². The van der Waals surface area contributed by atoms with Crippen LogP contribution < -0.4 is 19.1 Å². The molecule has 1 aromatic heterocycles. The molecule has 1 saturated heterocycles. The van der Waals surface area contributed by atoms with Crippen molar-refractivity contribution in [2.45, 2.75) is 13.3 Å². The van der Waals surface area contributed by atoms with Gasteiger partial charge in [-0.3, -0.25) is 14.6 Å². The minimum absolute atomic E-state index is 0.103. The Morgan fingerprint density at radius 1 is 1.17 bits per heavy atom. The average Bonchev–Trinajstić information content (AvgIpc) is 3.52. The number of fused-ring (bicyclic) bond motifs is 2. The Hall–Kier alpha value is -3.14. The Bertz CT molecular complexity index is 1200. The van der Waals surface area contributed by atoms with Crippen molar-refractivity contribution in [1.82, 2.24) is 9.88 Å². The van der Waals surface area contributed by atoms with Gasteiger partial charge < -0.3 is 18.9 Å². The SMILES string of the molecule is CCOc1ccc2nc(N(CCCN3CCOCC3)C(=O)/C=C/c3ccc4c(c3)OCO4)sc2c1. The van der Waals surface area contributed by atoms with Gasteiger partial charge in [-0.05, 0) is 55.3 Å². The molecule has 0 atom stereocenters. The lowest BCUT2D eigenvalue weighted by atomic mass is 10.2. The van der Waals surface area contributed by atoms with Crippen LogP contribution in [0, 0.1) is 0 Å². The number of amides is 1. The summed E-state index contributed by atoms with van der Waals surface area (Å²) in [7, 11) is 0. The third-order valence-electron chi connectivity index (χ3n) is 5.93. The molecule has 9 heteroatoms. The smallest absolute Gasteiger partial charge is 0.252 e. The number of rotatable bonds is 9. The largest absolute Gasteiger partial charge is 0.494 e. The number of carbonyl (C=O) groups excluding carboxylic acids is 1. The molecule has 35 heavy (non-hydrogen) atoms. The van der Waals surface area contributed by atoms with E-state index in [1.807, 2.05) is 43.3 Å². The van der Waals surface area contributed by atoms with Gasteiger partial charge >= 0.3 is 0 Å². The Morgan fingerprint density at radius 2 is 2.03 bits per heavy atom. The van der Waals surface area contributed by atoms with Crippen LogP contribution in [0.25, 0.3) is 16.3 Å². The van der Waals surface area contributed by atoms with E-state index in [9.17, 15) is 4.79 Å². The maximum absolute atomic E-state index is 13.4. The van der Waals surface area contributed by atoms with E-state index < -0.39 is 0 Å². The number of nitrogens with zero attached hydrogens (tertiary/aromatic N) is 3. The summed E-state index contributed by atoms with van der Waals surface area (Å²) < 4.78 is 22.9. The second-order valence-corrected chi connectivity index (χ2v) is 9.31. The monoisotopic (exact) mass is 495 g/mol. The molecule has 1 fully saturated rings. The van der Waals surface area contributed by atoms with Gasteiger partial charge in [0.25, 0.3) is 5.91 Å². The summed E-state index contributed by atoms with van der Waals surface area (Å²) in [4.78, 5) is 22.3. The van der Waals surface area contributed by atoms with E-state index >= 15 is 0 Å². The maximum Gasteiger partial charge on any atom is 0.252 e. The zero-order chi connectivity index (χ0) is 24.0. The number of benzene rings is 2. The summed E-state index contributed by atoms with van der Waals surface area (Å²) in [6, 6.07) is 11.5. The van der Waals surface area contributed by atoms with E-state index in [2.05, 4.69) is 4.90 Å². The molecule has 0 spiro atoms. The van der Waals surface area contributed by atoms with Crippen LogP contribution in [0.1, 0.15) is 18.9 Å². The number of hydrogen-bond acceptors (Lipinski definition) is 8. The van der Waals surface area contributed by atoms with Crippen LogP contribution in [0.3, 0.4) is 0 Å². The van der Waals surface area contributed by atoms with Crippen LogP contribution >= 0.6 is 11.3 Å². The quantitative estimate of drug-likeness (QED) is 0.412. The third kappa shape index (κ3) is 5.75. The Kier molecular flexibility index (Phi) is 7.46. The molecule has 0 unspecified atom stereocenters. The summed E-state index contributed by atoms with van der Waals surface area (Å²) in [6.45, 7) is 7.68. The summed E-state index contributed by atoms with van der Waals surface area (Å²) in [6.07, 6.45) is 4.26. The molecule has 0 aliphatic carbocycles. The summed E-state index contributed by atoms with van der Waals surface area (Å²) in [5.74, 6) is 2.12. The molecular weight excluding hydrogens is 466 g/mol. The van der Waals surface area contributed by atoms with Crippen molar-refractivity contribution in [3.63, 3.8) is 0 Å². The molecule has 2 aromatic carbocycles. The normalized spacial score (nSPS) is 15.7. The average molecular weight is 496 g/mol. The van der Waals surface area contributed by atoms with Gasteiger partial charge in [0, 0.05) is 32.3 Å². The van der Waals surface area contributed by atoms with Gasteiger partial charge in [-0.1, -0.05) is 17.4 Å². The van der Waals surface area contributed by atoms with Gasteiger partial charge in [0.05, 0.1) is 30.0 Å². The zero-order valence-corrected chi connectivity index (χ0v) is 20.6. The number of aromatic nitrogens is 1. The van der Waals surface area contributed by atoms with Gasteiger partial charge in [0.15, 0.2) is 16.6 Å². The summed E-state index contributed by atoms with van der Waals surface area (Å²) in [5, 5.41) is 0.691. The Balaban J connectivity index is 1.34. The molecule has 8 nitrogen and oxygen atoms in total. The third-order valence-corrected chi connectivity index (χ3v) is 6.97. The van der Waals surface area contributed by atoms with Crippen LogP contribution in [-0.4, -0.2) is 68.6 Å². The van der Waals surface area contributed by atoms with Gasteiger partial charge in [0.2, 0.25) is 6.79 Å². The number of anilines is 1. The van der Waals surface area contributed by atoms with Crippen molar-refractivity contribution in [1.29, 1.82) is 0 Å². The number of morpholine rings is 1. The molecule has 3 heterocycles. The van der Waals surface area contributed by atoms with Gasteiger partial charge in [-0.15, -0.1) is 0 Å². The molecule has 184 valence electrons. The summed E-state index contributed by atoms with van der Waals surface area (Å²) in [5.41, 5.74) is 1.74. The first kappa shape index (κ1) is 23.6. The highest BCUT2D eigenvalue weighted by molar-refractivity contribution is 7.22. The zero-order valence-electron chi connectivity index (χ0n) is 19.8. The fourth-order valence-electron chi connectivity index (χ4n) is 4.12. The van der Waals surface area contributed by atoms with E-state index in [4.69, 9.17) is 23.9 Å². The fourth-order valence-corrected chi connectivity index (χ4v) is 5.14. The first-order chi connectivity index (χ1) is 17.2. The molecule has 2 aliphatic rings. The Labute approximate surface area is 208 Å². The van der Waals surface area contributed by atoms with Gasteiger partial charge in [0.1, 0.15) is 5.75 Å². The maximum atomic E-state index is 13.4. The first-order valence-corrected chi connectivity index (χ1v) is 12.7. The minimum Gasteiger partial charge on any atom is -0.494 e. The van der Waals surface area contributed by atoms with E-state index in [0.29, 0.717) is 24.0 Å². The van der Waals surface area contributed by atoms with E-state index in [0.717, 1.165) is 66.5 Å². The number of thiazole rings is 1. The van der Waals surface area contributed by atoms with Gasteiger partial charge in [-0.25, -0.2) is 4.98 Å².